The van der Waals surface area contributed by atoms with Gasteiger partial charge in [-0.05, 0) is 67.3 Å². The Labute approximate surface area is 182 Å². The maximum absolute atomic E-state index is 12.0. The Morgan fingerprint density at radius 2 is 1.77 bits per heavy atom. The smallest absolute Gasteiger partial charge is 0.130 e. The summed E-state index contributed by atoms with van der Waals surface area (Å²) in [4.78, 5) is 16.7. The SMILES string of the molecule is NC1CCC(Nc2c(C3(C=O)CC3)cnc3ccc(-c4ccc(CO)cc4)cc23)CC1. The van der Waals surface area contributed by atoms with Crippen LogP contribution < -0.4 is 11.1 Å². The number of benzene rings is 2. The quantitative estimate of drug-likeness (QED) is 0.522. The molecule has 2 fully saturated rings. The van der Waals surface area contributed by atoms with Crippen LogP contribution in [0.4, 0.5) is 5.69 Å². The van der Waals surface area contributed by atoms with Crippen molar-refractivity contribution in [1.29, 1.82) is 0 Å². The molecular formula is C26H29N3O2. The third-order valence-corrected chi connectivity index (χ3v) is 7.01. The summed E-state index contributed by atoms with van der Waals surface area (Å²) in [5, 5.41) is 14.2. The molecule has 0 saturated heterocycles. The van der Waals surface area contributed by atoms with E-state index < -0.39 is 5.41 Å². The van der Waals surface area contributed by atoms with Crippen LogP contribution in [0.25, 0.3) is 22.0 Å². The fraction of sp³-hybridized carbons (Fsp3) is 0.385. The van der Waals surface area contributed by atoms with Crippen LogP contribution in [-0.2, 0) is 16.8 Å². The van der Waals surface area contributed by atoms with Gasteiger partial charge in [0.2, 0.25) is 0 Å². The van der Waals surface area contributed by atoms with Crippen molar-refractivity contribution in [3.05, 3.63) is 59.8 Å². The van der Waals surface area contributed by atoms with Gasteiger partial charge in [-0.15, -0.1) is 0 Å². The van der Waals surface area contributed by atoms with Gasteiger partial charge in [-0.1, -0.05) is 30.3 Å². The minimum atomic E-state index is -0.395. The average molecular weight is 416 g/mol. The predicted molar refractivity (Wildman–Crippen MR) is 124 cm³/mol. The predicted octanol–water partition coefficient (Wildman–Crippen LogP) is 4.31. The Hall–Kier alpha value is -2.76. The lowest BCUT2D eigenvalue weighted by atomic mass is 9.89. The van der Waals surface area contributed by atoms with Gasteiger partial charge in [0.1, 0.15) is 6.29 Å². The lowest BCUT2D eigenvalue weighted by Gasteiger charge is -2.29. The third kappa shape index (κ3) is 3.84. The molecule has 2 aliphatic carbocycles. The second kappa shape index (κ2) is 8.06. The number of carbonyl (C=O) groups is 1. The highest BCUT2D eigenvalue weighted by Gasteiger charge is 2.46. The van der Waals surface area contributed by atoms with Crippen molar-refractivity contribution >= 4 is 22.9 Å². The van der Waals surface area contributed by atoms with Crippen molar-refractivity contribution in [2.45, 2.75) is 62.6 Å². The highest BCUT2D eigenvalue weighted by atomic mass is 16.3. The lowest BCUT2D eigenvalue weighted by molar-refractivity contribution is -0.109. The average Bonchev–Trinajstić information content (AvgIpc) is 3.61. The molecule has 0 aliphatic heterocycles. The molecule has 0 atom stereocenters. The molecule has 3 aromatic rings. The molecule has 0 amide bonds. The number of anilines is 1. The maximum atomic E-state index is 12.0. The number of aldehydes is 1. The minimum Gasteiger partial charge on any atom is -0.392 e. The first-order chi connectivity index (χ1) is 15.1. The highest BCUT2D eigenvalue weighted by molar-refractivity contribution is 5.98. The van der Waals surface area contributed by atoms with Crippen molar-refractivity contribution in [3.8, 4) is 11.1 Å². The first-order valence-corrected chi connectivity index (χ1v) is 11.2. The second-order valence-corrected chi connectivity index (χ2v) is 9.16. The number of pyridine rings is 1. The Balaban J connectivity index is 1.60. The molecule has 5 heteroatoms. The van der Waals surface area contributed by atoms with E-state index in [1.165, 1.54) is 0 Å². The molecule has 0 unspecified atom stereocenters. The molecule has 5 nitrogen and oxygen atoms in total. The number of hydrogen-bond donors (Lipinski definition) is 3. The Morgan fingerprint density at radius 1 is 1.06 bits per heavy atom. The van der Waals surface area contributed by atoms with E-state index in [1.54, 1.807) is 0 Å². The summed E-state index contributed by atoms with van der Waals surface area (Å²) >= 11 is 0. The van der Waals surface area contributed by atoms with Gasteiger partial charge in [0.05, 0.1) is 17.5 Å². The number of nitrogens with zero attached hydrogens (tertiary/aromatic N) is 1. The summed E-state index contributed by atoms with van der Waals surface area (Å²) < 4.78 is 0. The zero-order chi connectivity index (χ0) is 21.4. The Morgan fingerprint density at radius 3 is 2.42 bits per heavy atom. The Bertz CT molecular complexity index is 1100. The van der Waals surface area contributed by atoms with Gasteiger partial charge in [0, 0.05) is 34.9 Å². The van der Waals surface area contributed by atoms with E-state index in [-0.39, 0.29) is 6.61 Å². The van der Waals surface area contributed by atoms with E-state index in [9.17, 15) is 9.90 Å². The van der Waals surface area contributed by atoms with Gasteiger partial charge in [-0.2, -0.15) is 0 Å². The molecule has 2 saturated carbocycles. The number of hydrogen-bond acceptors (Lipinski definition) is 5. The lowest BCUT2D eigenvalue weighted by Crippen LogP contribution is -2.33. The molecule has 2 aromatic carbocycles. The normalized spacial score (nSPS) is 22.3. The van der Waals surface area contributed by atoms with Crippen LogP contribution in [0.3, 0.4) is 0 Å². The van der Waals surface area contributed by atoms with E-state index in [4.69, 9.17) is 10.7 Å². The van der Waals surface area contributed by atoms with Crippen LogP contribution in [0.1, 0.15) is 49.7 Å². The first kappa shape index (κ1) is 20.2. The Kier molecular flexibility index (Phi) is 5.24. The van der Waals surface area contributed by atoms with Crippen LogP contribution in [0.5, 0.6) is 0 Å². The van der Waals surface area contributed by atoms with Gasteiger partial charge in [-0.25, -0.2) is 0 Å². The zero-order valence-electron chi connectivity index (χ0n) is 17.7. The van der Waals surface area contributed by atoms with Crippen LogP contribution >= 0.6 is 0 Å². The van der Waals surface area contributed by atoms with E-state index >= 15 is 0 Å². The topological polar surface area (TPSA) is 88.2 Å². The zero-order valence-corrected chi connectivity index (χ0v) is 17.7. The van der Waals surface area contributed by atoms with E-state index in [2.05, 4.69) is 23.5 Å². The molecule has 0 spiro atoms. The second-order valence-electron chi connectivity index (χ2n) is 9.16. The number of aliphatic hydroxyl groups is 1. The number of rotatable bonds is 6. The van der Waals surface area contributed by atoms with E-state index in [0.717, 1.165) is 83.7 Å². The number of aromatic nitrogens is 1. The van der Waals surface area contributed by atoms with Gasteiger partial charge in [0.15, 0.2) is 0 Å². The van der Waals surface area contributed by atoms with Gasteiger partial charge in [0.25, 0.3) is 0 Å². The fourth-order valence-corrected chi connectivity index (χ4v) is 4.76. The van der Waals surface area contributed by atoms with Crippen LogP contribution in [0, 0.1) is 0 Å². The third-order valence-electron chi connectivity index (χ3n) is 7.01. The molecule has 5 rings (SSSR count). The summed E-state index contributed by atoms with van der Waals surface area (Å²) in [6.45, 7) is 0.0399. The summed E-state index contributed by atoms with van der Waals surface area (Å²) in [6.07, 6.45) is 8.91. The number of aliphatic hydroxyl groups excluding tert-OH is 1. The van der Waals surface area contributed by atoms with Crippen LogP contribution in [-0.4, -0.2) is 28.5 Å². The summed E-state index contributed by atoms with van der Waals surface area (Å²) in [5.41, 5.74) is 11.8. The number of nitrogens with two attached hydrogens (primary N) is 1. The molecular weight excluding hydrogens is 386 g/mol. The molecule has 1 aromatic heterocycles. The first-order valence-electron chi connectivity index (χ1n) is 11.2. The molecule has 31 heavy (non-hydrogen) atoms. The maximum Gasteiger partial charge on any atom is 0.130 e. The number of carbonyl (C=O) groups excluding carboxylic acids is 1. The minimum absolute atomic E-state index is 0.0399. The highest BCUT2D eigenvalue weighted by Crippen LogP contribution is 2.50. The van der Waals surface area contributed by atoms with Crippen molar-refractivity contribution in [1.82, 2.24) is 4.98 Å². The molecule has 160 valence electrons. The fourth-order valence-electron chi connectivity index (χ4n) is 4.76. The summed E-state index contributed by atoms with van der Waals surface area (Å²) in [6, 6.07) is 14.9. The van der Waals surface area contributed by atoms with Gasteiger partial charge < -0.3 is 21.0 Å². The van der Waals surface area contributed by atoms with Crippen LogP contribution in [0.15, 0.2) is 48.7 Å². The van der Waals surface area contributed by atoms with Crippen molar-refractivity contribution < 1.29 is 9.90 Å². The van der Waals surface area contributed by atoms with E-state index in [0.29, 0.717) is 12.1 Å². The summed E-state index contributed by atoms with van der Waals surface area (Å²) in [7, 11) is 0. The number of fused-ring (bicyclic) bond motifs is 1. The van der Waals surface area contributed by atoms with Crippen molar-refractivity contribution in [2.24, 2.45) is 5.73 Å². The molecule has 1 heterocycles. The summed E-state index contributed by atoms with van der Waals surface area (Å²) in [5.74, 6) is 0. The van der Waals surface area contributed by atoms with E-state index in [1.807, 2.05) is 30.5 Å². The van der Waals surface area contributed by atoms with Crippen LogP contribution in [0.2, 0.25) is 0 Å². The van der Waals surface area contributed by atoms with Gasteiger partial charge >= 0.3 is 0 Å². The standard InChI is InChI=1S/C26H29N3O2/c27-20-6-8-21(9-7-20)29-25-22-13-19(18-3-1-17(15-30)2-4-18)5-10-24(22)28-14-23(25)26(16-31)11-12-26/h1-5,10,13-14,16,20-21,30H,6-9,11-12,15,27H2,(H,28,29). The largest absolute Gasteiger partial charge is 0.392 e. The number of nitrogens with one attached hydrogen (secondary N) is 1. The molecule has 2 aliphatic rings. The molecule has 0 bridgehead atoms. The van der Waals surface area contributed by atoms with Gasteiger partial charge in [-0.3, -0.25) is 4.98 Å². The van der Waals surface area contributed by atoms with Crippen molar-refractivity contribution in [3.63, 3.8) is 0 Å². The van der Waals surface area contributed by atoms with Crippen molar-refractivity contribution in [2.75, 3.05) is 5.32 Å². The molecule has 0 radical (unpaired) electrons. The molecule has 4 N–H and O–H groups in total. The monoisotopic (exact) mass is 415 g/mol.